The number of para-hydroxylation sites is 1. The number of benzene rings is 2. The molecule has 0 aliphatic carbocycles. The van der Waals surface area contributed by atoms with Crippen molar-refractivity contribution in [1.82, 2.24) is 19.8 Å². The highest BCUT2D eigenvalue weighted by molar-refractivity contribution is 5.97. The van der Waals surface area contributed by atoms with Crippen LogP contribution in [0.15, 0.2) is 82.3 Å². The Morgan fingerprint density at radius 3 is 2.12 bits per heavy atom. The van der Waals surface area contributed by atoms with Gasteiger partial charge in [0, 0.05) is 49.8 Å². The summed E-state index contributed by atoms with van der Waals surface area (Å²) < 4.78 is 16.8. The molecule has 10 heteroatoms. The van der Waals surface area contributed by atoms with E-state index in [0.29, 0.717) is 19.3 Å². The number of likely N-dealkylation sites (tertiary alicyclic amines) is 2. The molecule has 2 aromatic heterocycles. The minimum Gasteiger partial charge on any atom is -0.496 e. The molecule has 0 spiro atoms. The summed E-state index contributed by atoms with van der Waals surface area (Å²) in [7, 11) is 5.82. The Labute approximate surface area is 302 Å². The van der Waals surface area contributed by atoms with Gasteiger partial charge in [-0.2, -0.15) is 0 Å². The highest BCUT2D eigenvalue weighted by Gasteiger charge is 2.48. The van der Waals surface area contributed by atoms with Crippen molar-refractivity contribution < 1.29 is 23.2 Å². The molecule has 2 aliphatic rings. The van der Waals surface area contributed by atoms with Crippen molar-refractivity contribution in [2.24, 2.45) is 23.2 Å². The van der Waals surface area contributed by atoms with Crippen LogP contribution in [0.4, 0.5) is 5.69 Å². The van der Waals surface area contributed by atoms with Gasteiger partial charge in [-0.05, 0) is 107 Å². The van der Waals surface area contributed by atoms with Crippen LogP contribution in [0.2, 0.25) is 0 Å². The van der Waals surface area contributed by atoms with E-state index in [1.807, 2.05) is 18.2 Å². The van der Waals surface area contributed by atoms with E-state index in [2.05, 4.69) is 76.0 Å². The smallest absolute Gasteiger partial charge is 0.263 e. The fourth-order valence-electron chi connectivity index (χ4n) is 8.56. The van der Waals surface area contributed by atoms with E-state index < -0.39 is 5.41 Å². The van der Waals surface area contributed by atoms with Crippen LogP contribution in [-0.2, 0) is 13.1 Å². The van der Waals surface area contributed by atoms with E-state index in [1.54, 1.807) is 13.3 Å². The summed E-state index contributed by atoms with van der Waals surface area (Å²) in [6, 6.07) is 16.9. The first kappa shape index (κ1) is 36.5. The minimum absolute atomic E-state index is 0.0457. The molecule has 2 fully saturated rings. The molecular formula is C41H53N5O5. The summed E-state index contributed by atoms with van der Waals surface area (Å²) in [6.45, 7) is 7.37. The maximum Gasteiger partial charge on any atom is 0.263 e. The number of carbonyl (C=O) groups is 2. The molecule has 4 heterocycles. The number of hydrogen-bond donors (Lipinski definition) is 0. The van der Waals surface area contributed by atoms with Crippen molar-refractivity contribution in [1.29, 1.82) is 0 Å². The number of aromatic nitrogens is 2. The van der Waals surface area contributed by atoms with Crippen LogP contribution in [0.1, 0.15) is 84.4 Å². The monoisotopic (exact) mass is 695 g/mol. The van der Waals surface area contributed by atoms with Gasteiger partial charge < -0.3 is 18.5 Å². The zero-order valence-corrected chi connectivity index (χ0v) is 30.6. The van der Waals surface area contributed by atoms with Gasteiger partial charge in [-0.3, -0.25) is 19.4 Å². The van der Waals surface area contributed by atoms with Gasteiger partial charge in [0.2, 0.25) is 11.6 Å². The summed E-state index contributed by atoms with van der Waals surface area (Å²) >= 11 is 0. The first-order valence-electron chi connectivity index (χ1n) is 18.5. The predicted octanol–water partition coefficient (Wildman–Crippen LogP) is 7.42. The molecule has 2 saturated heterocycles. The third-order valence-electron chi connectivity index (χ3n) is 11.6. The molecule has 2 aliphatic heterocycles. The number of oxazole rings is 2. The normalized spacial score (nSPS) is 18.3. The Morgan fingerprint density at radius 1 is 0.882 bits per heavy atom. The molecule has 10 nitrogen and oxygen atoms in total. The molecule has 0 bridgehead atoms. The topological polar surface area (TPSA) is 105 Å². The second kappa shape index (κ2) is 16.8. The van der Waals surface area contributed by atoms with Crippen molar-refractivity contribution in [3.05, 3.63) is 96.4 Å². The third kappa shape index (κ3) is 8.45. The van der Waals surface area contributed by atoms with Crippen molar-refractivity contribution in [2.75, 3.05) is 52.3 Å². The number of carbonyl (C=O) groups excluding carboxylic acids is 2. The van der Waals surface area contributed by atoms with Crippen LogP contribution in [0.3, 0.4) is 0 Å². The van der Waals surface area contributed by atoms with Gasteiger partial charge in [0.1, 0.15) is 18.3 Å². The van der Waals surface area contributed by atoms with E-state index in [0.717, 1.165) is 76.3 Å². The van der Waals surface area contributed by atoms with Crippen LogP contribution >= 0.6 is 0 Å². The van der Waals surface area contributed by atoms with Gasteiger partial charge in [0.05, 0.1) is 19.5 Å². The lowest BCUT2D eigenvalue weighted by molar-refractivity contribution is 0.0329. The molecule has 51 heavy (non-hydrogen) atoms. The average molecular weight is 696 g/mol. The van der Waals surface area contributed by atoms with Gasteiger partial charge in [-0.1, -0.05) is 37.3 Å². The Kier molecular flexibility index (Phi) is 12.0. The molecule has 0 amide bonds. The minimum atomic E-state index is -0.698. The molecule has 2 atom stereocenters. The molecule has 0 radical (unpaired) electrons. The molecule has 4 aromatic rings. The van der Waals surface area contributed by atoms with Gasteiger partial charge in [-0.25, -0.2) is 9.97 Å². The van der Waals surface area contributed by atoms with Crippen molar-refractivity contribution in [2.45, 2.75) is 65.0 Å². The van der Waals surface area contributed by atoms with Crippen molar-refractivity contribution in [3.63, 3.8) is 0 Å². The lowest BCUT2D eigenvalue weighted by Crippen LogP contribution is -2.46. The number of anilines is 1. The highest BCUT2D eigenvalue weighted by Crippen LogP contribution is 2.47. The SMILES string of the molecule is CCC(CCC(C(=O)c1ncco1)C1CCN(Cc2ccc(N(C)C)cc2)CC1)(C(=O)c1ncco1)C1CCN(Cc2ccccc2OC)CC1. The number of methoxy groups -OCH3 is 1. The lowest BCUT2D eigenvalue weighted by atomic mass is 9.62. The fraction of sp³-hybridized carbons (Fsp3) is 0.512. The Hall–Kier alpha value is -4.28. The fourth-order valence-corrected chi connectivity index (χ4v) is 8.56. The first-order valence-corrected chi connectivity index (χ1v) is 18.5. The van der Waals surface area contributed by atoms with Gasteiger partial charge >= 0.3 is 0 Å². The largest absolute Gasteiger partial charge is 0.496 e. The standard InChI is InChI=1S/C41H53N5O5/c1-5-41(38(48)40-43-21-27-51-40,33-17-24-46(25-18-33)29-32-8-6-7-9-36(32)49-4)19-14-35(37(47)39-42-20-26-50-39)31-15-22-45(23-16-31)28-30-10-12-34(13-11-30)44(2)3/h6-13,20-21,26-27,31,33,35H,5,14-19,22-25,28-29H2,1-4H3. The maximum absolute atomic E-state index is 14.5. The zero-order chi connectivity index (χ0) is 35.8. The number of Topliss-reactive ketones (excluding diaryl/α,β-unsaturated/α-hetero) is 2. The number of hydrogen-bond acceptors (Lipinski definition) is 10. The van der Waals surface area contributed by atoms with E-state index in [1.165, 1.54) is 30.0 Å². The van der Waals surface area contributed by atoms with E-state index >= 15 is 0 Å². The summed E-state index contributed by atoms with van der Waals surface area (Å²) in [5.41, 5.74) is 2.94. The zero-order valence-electron chi connectivity index (χ0n) is 30.6. The van der Waals surface area contributed by atoms with Crippen molar-refractivity contribution >= 4 is 17.3 Å². The van der Waals surface area contributed by atoms with E-state index in [-0.39, 0.29) is 41.1 Å². The van der Waals surface area contributed by atoms with Crippen LogP contribution < -0.4 is 9.64 Å². The van der Waals surface area contributed by atoms with E-state index in [4.69, 9.17) is 13.6 Å². The summed E-state index contributed by atoms with van der Waals surface area (Å²) in [4.78, 5) is 44.2. The summed E-state index contributed by atoms with van der Waals surface area (Å²) in [5.74, 6) is 1.13. The quantitative estimate of drug-likeness (QED) is 0.110. The van der Waals surface area contributed by atoms with Crippen LogP contribution in [0, 0.1) is 23.2 Å². The highest BCUT2D eigenvalue weighted by atomic mass is 16.5. The number of nitrogens with zero attached hydrogens (tertiary/aromatic N) is 5. The van der Waals surface area contributed by atoms with Crippen LogP contribution in [0.25, 0.3) is 0 Å². The van der Waals surface area contributed by atoms with Crippen molar-refractivity contribution in [3.8, 4) is 5.75 Å². The summed E-state index contributed by atoms with van der Waals surface area (Å²) in [5, 5.41) is 0. The number of rotatable bonds is 16. The lowest BCUT2D eigenvalue weighted by Gasteiger charge is -2.44. The van der Waals surface area contributed by atoms with Gasteiger partial charge in [0.15, 0.2) is 0 Å². The maximum atomic E-state index is 14.5. The molecule has 0 saturated carbocycles. The van der Waals surface area contributed by atoms with E-state index in [9.17, 15) is 9.59 Å². The predicted molar refractivity (Wildman–Crippen MR) is 197 cm³/mol. The number of ketones is 2. The molecule has 0 N–H and O–H groups in total. The first-order chi connectivity index (χ1) is 24.8. The molecule has 2 aromatic carbocycles. The molecule has 2 unspecified atom stereocenters. The molecule has 6 rings (SSSR count). The van der Waals surface area contributed by atoms with Gasteiger partial charge in [0.25, 0.3) is 11.8 Å². The second-order valence-electron chi connectivity index (χ2n) is 14.6. The Morgan fingerprint density at radius 2 is 1.51 bits per heavy atom. The number of ether oxygens (including phenoxy) is 1. The Balaban J connectivity index is 1.17. The molecular weight excluding hydrogens is 642 g/mol. The average Bonchev–Trinajstić information content (AvgIpc) is 3.91. The second-order valence-corrected chi connectivity index (χ2v) is 14.6. The van der Waals surface area contributed by atoms with Crippen LogP contribution in [0.5, 0.6) is 5.75 Å². The Bertz CT molecular complexity index is 1670. The summed E-state index contributed by atoms with van der Waals surface area (Å²) in [6.07, 6.45) is 11.4. The number of piperidine rings is 2. The molecule has 272 valence electrons. The van der Waals surface area contributed by atoms with Crippen LogP contribution in [-0.4, -0.2) is 78.7 Å². The van der Waals surface area contributed by atoms with Gasteiger partial charge in [-0.15, -0.1) is 0 Å². The third-order valence-corrected chi connectivity index (χ3v) is 11.6.